The Morgan fingerprint density at radius 2 is 1.63 bits per heavy atom. The summed E-state index contributed by atoms with van der Waals surface area (Å²) < 4.78 is 0. The van der Waals surface area contributed by atoms with Crippen molar-refractivity contribution in [3.8, 4) is 11.1 Å². The molecule has 1 unspecified atom stereocenters. The van der Waals surface area contributed by atoms with E-state index in [9.17, 15) is 0 Å². The number of hydrogen-bond donors (Lipinski definition) is 0. The molecule has 19 heavy (non-hydrogen) atoms. The van der Waals surface area contributed by atoms with E-state index in [4.69, 9.17) is 0 Å². The summed E-state index contributed by atoms with van der Waals surface area (Å²) in [7, 11) is 0. The van der Waals surface area contributed by atoms with Gasteiger partial charge >= 0.3 is 0 Å². The summed E-state index contributed by atoms with van der Waals surface area (Å²) in [6.07, 6.45) is 3.45. The summed E-state index contributed by atoms with van der Waals surface area (Å²) in [6, 6.07) is 14.0. The molecule has 0 aliphatic heterocycles. The third kappa shape index (κ3) is 2.10. The van der Waals surface area contributed by atoms with Gasteiger partial charge in [-0.3, -0.25) is 0 Å². The van der Waals surface area contributed by atoms with Crippen LogP contribution >= 0.6 is 0 Å². The van der Waals surface area contributed by atoms with Gasteiger partial charge in [-0.15, -0.1) is 0 Å². The van der Waals surface area contributed by atoms with Crippen LogP contribution in [0.3, 0.4) is 0 Å². The topological polar surface area (TPSA) is 0 Å². The predicted molar refractivity (Wildman–Crippen MR) is 82.8 cm³/mol. The average molecular weight is 250 g/mol. The molecule has 0 fully saturated rings. The normalized spacial score (nSPS) is 14.1. The van der Waals surface area contributed by atoms with Crippen molar-refractivity contribution in [2.45, 2.75) is 46.0 Å². The van der Waals surface area contributed by atoms with Crippen molar-refractivity contribution in [1.29, 1.82) is 0 Å². The maximum absolute atomic E-state index is 2.43. The molecule has 2 aromatic rings. The number of rotatable bonds is 3. The largest absolute Gasteiger partial charge is 0.0648 e. The van der Waals surface area contributed by atoms with Gasteiger partial charge in [0.05, 0.1) is 0 Å². The van der Waals surface area contributed by atoms with Crippen LogP contribution in [0, 0.1) is 0 Å². The van der Waals surface area contributed by atoms with Crippen molar-refractivity contribution in [2.24, 2.45) is 0 Å². The maximum Gasteiger partial charge on any atom is -0.00133 e. The van der Waals surface area contributed by atoms with Gasteiger partial charge < -0.3 is 0 Å². The van der Waals surface area contributed by atoms with Crippen LogP contribution in [-0.4, -0.2) is 0 Å². The Bertz CT molecular complexity index is 607. The zero-order valence-electron chi connectivity index (χ0n) is 12.2. The molecule has 0 heterocycles. The lowest BCUT2D eigenvalue weighted by molar-refractivity contribution is 0.733. The first-order chi connectivity index (χ1) is 9.22. The van der Waals surface area contributed by atoms with Crippen LogP contribution in [-0.2, 0) is 12.8 Å². The summed E-state index contributed by atoms with van der Waals surface area (Å²) in [6.45, 7) is 6.81. The van der Waals surface area contributed by atoms with E-state index in [1.807, 2.05) is 0 Å². The fraction of sp³-hybridized carbons (Fsp3) is 0.368. The van der Waals surface area contributed by atoms with Crippen LogP contribution in [0.15, 0.2) is 36.4 Å². The summed E-state index contributed by atoms with van der Waals surface area (Å²) >= 11 is 0. The van der Waals surface area contributed by atoms with Crippen molar-refractivity contribution >= 4 is 0 Å². The van der Waals surface area contributed by atoms with E-state index in [1.165, 1.54) is 39.8 Å². The van der Waals surface area contributed by atoms with Gasteiger partial charge in [0.2, 0.25) is 0 Å². The van der Waals surface area contributed by atoms with E-state index in [0.717, 1.165) is 12.8 Å². The molecule has 1 aliphatic rings. The highest BCUT2D eigenvalue weighted by Gasteiger charge is 2.19. The van der Waals surface area contributed by atoms with Gasteiger partial charge in [0.1, 0.15) is 0 Å². The Hall–Kier alpha value is -1.56. The SMILES string of the molecule is CCc1ccc2c(c1)Cc1cc(C(C)CC)ccc1-2. The Morgan fingerprint density at radius 1 is 0.947 bits per heavy atom. The predicted octanol–water partition coefficient (Wildman–Crippen LogP) is 5.33. The third-order valence-corrected chi connectivity index (χ3v) is 4.56. The zero-order valence-corrected chi connectivity index (χ0v) is 12.2. The second-order valence-electron chi connectivity index (χ2n) is 5.75. The molecule has 0 amide bonds. The molecular weight excluding hydrogens is 228 g/mol. The number of hydrogen-bond acceptors (Lipinski definition) is 0. The van der Waals surface area contributed by atoms with Crippen molar-refractivity contribution in [2.75, 3.05) is 0 Å². The molecule has 1 aliphatic carbocycles. The minimum absolute atomic E-state index is 0.667. The number of benzene rings is 2. The average Bonchev–Trinajstić information content (AvgIpc) is 2.82. The second-order valence-corrected chi connectivity index (χ2v) is 5.75. The van der Waals surface area contributed by atoms with Crippen molar-refractivity contribution in [3.63, 3.8) is 0 Å². The smallest absolute Gasteiger partial charge is 0.00133 e. The zero-order chi connectivity index (χ0) is 13.4. The van der Waals surface area contributed by atoms with Crippen LogP contribution in [0.5, 0.6) is 0 Å². The molecule has 0 N–H and O–H groups in total. The fourth-order valence-electron chi connectivity index (χ4n) is 3.05. The molecule has 1 atom stereocenters. The third-order valence-electron chi connectivity index (χ3n) is 4.56. The van der Waals surface area contributed by atoms with Gasteiger partial charge in [-0.05, 0) is 58.6 Å². The van der Waals surface area contributed by atoms with Crippen molar-refractivity contribution in [1.82, 2.24) is 0 Å². The van der Waals surface area contributed by atoms with Gasteiger partial charge in [0.25, 0.3) is 0 Å². The first kappa shape index (κ1) is 12.5. The lowest BCUT2D eigenvalue weighted by Gasteiger charge is -2.11. The molecule has 3 rings (SSSR count). The van der Waals surface area contributed by atoms with Crippen LogP contribution in [0.1, 0.15) is 55.4 Å². The molecule has 2 aromatic carbocycles. The standard InChI is InChI=1S/C19H22/c1-4-13(3)15-7-9-19-17(11-15)12-16-10-14(5-2)6-8-18(16)19/h6-11,13H,4-5,12H2,1-3H3. The Balaban J connectivity index is 2.02. The fourth-order valence-corrected chi connectivity index (χ4v) is 3.05. The molecule has 98 valence electrons. The van der Waals surface area contributed by atoms with E-state index in [-0.39, 0.29) is 0 Å². The first-order valence-corrected chi connectivity index (χ1v) is 7.48. The maximum atomic E-state index is 2.43. The van der Waals surface area contributed by atoms with E-state index < -0.39 is 0 Å². The minimum atomic E-state index is 0.667. The van der Waals surface area contributed by atoms with Gasteiger partial charge in [-0.2, -0.15) is 0 Å². The molecule has 0 spiro atoms. The summed E-state index contributed by atoms with van der Waals surface area (Å²) in [5.41, 5.74) is 8.86. The van der Waals surface area contributed by atoms with E-state index in [2.05, 4.69) is 57.2 Å². The van der Waals surface area contributed by atoms with Gasteiger partial charge in [0, 0.05) is 0 Å². The minimum Gasteiger partial charge on any atom is -0.0648 e. The molecule has 0 saturated heterocycles. The van der Waals surface area contributed by atoms with Crippen LogP contribution in [0.25, 0.3) is 11.1 Å². The summed E-state index contributed by atoms with van der Waals surface area (Å²) in [5, 5.41) is 0. The van der Waals surface area contributed by atoms with E-state index in [0.29, 0.717) is 5.92 Å². The first-order valence-electron chi connectivity index (χ1n) is 7.48. The van der Waals surface area contributed by atoms with E-state index >= 15 is 0 Å². The Labute approximate surface area is 116 Å². The van der Waals surface area contributed by atoms with Gasteiger partial charge in [-0.1, -0.05) is 57.2 Å². The lowest BCUT2D eigenvalue weighted by Crippen LogP contribution is -1.92. The number of aryl methyl sites for hydroxylation is 1. The monoisotopic (exact) mass is 250 g/mol. The molecule has 0 aromatic heterocycles. The molecule has 0 bridgehead atoms. The van der Waals surface area contributed by atoms with Crippen molar-refractivity contribution in [3.05, 3.63) is 58.7 Å². The second kappa shape index (κ2) is 4.85. The highest BCUT2D eigenvalue weighted by molar-refractivity contribution is 5.77. The van der Waals surface area contributed by atoms with Crippen LogP contribution < -0.4 is 0 Å². The summed E-state index contributed by atoms with van der Waals surface area (Å²) in [4.78, 5) is 0. The van der Waals surface area contributed by atoms with Gasteiger partial charge in [-0.25, -0.2) is 0 Å². The van der Waals surface area contributed by atoms with Gasteiger partial charge in [0.15, 0.2) is 0 Å². The Morgan fingerprint density at radius 3 is 2.32 bits per heavy atom. The highest BCUT2D eigenvalue weighted by Crippen LogP contribution is 2.38. The van der Waals surface area contributed by atoms with Crippen molar-refractivity contribution < 1.29 is 0 Å². The Kier molecular flexibility index (Phi) is 3.18. The number of fused-ring (bicyclic) bond motifs is 3. The molecule has 0 heteroatoms. The van der Waals surface area contributed by atoms with E-state index in [1.54, 1.807) is 0 Å². The summed E-state index contributed by atoms with van der Waals surface area (Å²) in [5.74, 6) is 0.667. The van der Waals surface area contributed by atoms with Crippen LogP contribution in [0.2, 0.25) is 0 Å². The molecule has 0 nitrogen and oxygen atoms in total. The highest BCUT2D eigenvalue weighted by atomic mass is 14.2. The molecule has 0 saturated carbocycles. The van der Waals surface area contributed by atoms with Crippen LogP contribution in [0.4, 0.5) is 0 Å². The quantitative estimate of drug-likeness (QED) is 0.589. The lowest BCUT2D eigenvalue weighted by atomic mass is 9.94. The molecular formula is C19H22. The molecule has 0 radical (unpaired) electrons.